The van der Waals surface area contributed by atoms with Crippen molar-refractivity contribution >= 4 is 5.69 Å². The lowest BCUT2D eigenvalue weighted by Crippen LogP contribution is -2.48. The molecular weight excluding hydrogens is 290 g/mol. The average Bonchev–Trinajstić information content (AvgIpc) is 2.83. The Bertz CT molecular complexity index is 668. The van der Waals surface area contributed by atoms with Gasteiger partial charge in [0, 0.05) is 7.05 Å². The number of nitrogens with zero attached hydrogens (tertiary/aromatic N) is 2. The van der Waals surface area contributed by atoms with Crippen molar-refractivity contribution in [2.75, 3.05) is 5.32 Å². The third-order valence-electron chi connectivity index (χ3n) is 4.65. The van der Waals surface area contributed by atoms with Gasteiger partial charge in [-0.1, -0.05) is 12.1 Å². The number of hydrogen-bond donors (Lipinski definition) is 2. The molecule has 0 aliphatic heterocycles. The quantitative estimate of drug-likeness (QED) is 0.911. The lowest BCUT2D eigenvalue weighted by Gasteiger charge is -2.35. The summed E-state index contributed by atoms with van der Waals surface area (Å²) in [7, 11) is 1.92. The summed E-state index contributed by atoms with van der Waals surface area (Å²) in [5.41, 5.74) is 3.21. The van der Waals surface area contributed by atoms with Crippen molar-refractivity contribution in [2.45, 2.75) is 51.4 Å². The van der Waals surface area contributed by atoms with Gasteiger partial charge in [0.2, 0.25) is 0 Å². The minimum absolute atomic E-state index is 0.0125. The summed E-state index contributed by atoms with van der Waals surface area (Å²) in [6, 6.07) is 7.96. The minimum atomic E-state index is -0.538. The molecule has 1 fully saturated rings. The third-order valence-corrected chi connectivity index (χ3v) is 4.65. The van der Waals surface area contributed by atoms with E-state index in [0.717, 1.165) is 42.0 Å². The van der Waals surface area contributed by atoms with E-state index in [-0.39, 0.29) is 12.1 Å². The second kappa shape index (κ2) is 6.62. The van der Waals surface area contributed by atoms with Crippen LogP contribution in [0.4, 0.5) is 5.69 Å². The number of aromatic nitrogens is 2. The van der Waals surface area contributed by atoms with E-state index < -0.39 is 6.10 Å². The van der Waals surface area contributed by atoms with E-state index >= 15 is 0 Å². The van der Waals surface area contributed by atoms with E-state index in [1.807, 2.05) is 56.0 Å². The molecule has 0 spiro atoms. The first-order valence-electron chi connectivity index (χ1n) is 8.21. The van der Waals surface area contributed by atoms with Gasteiger partial charge in [-0.3, -0.25) is 4.68 Å². The molecule has 2 N–H and O–H groups in total. The van der Waals surface area contributed by atoms with Crippen molar-refractivity contribution in [1.29, 1.82) is 0 Å². The normalized spacial score (nSPS) is 24.4. The average molecular weight is 315 g/mol. The Morgan fingerprint density at radius 2 is 2.13 bits per heavy atom. The van der Waals surface area contributed by atoms with E-state index in [4.69, 9.17) is 4.74 Å². The molecule has 5 heteroatoms. The van der Waals surface area contributed by atoms with Gasteiger partial charge in [-0.15, -0.1) is 0 Å². The Balaban J connectivity index is 1.68. The van der Waals surface area contributed by atoms with Crippen molar-refractivity contribution < 1.29 is 9.84 Å². The molecule has 1 aromatic heterocycles. The standard InChI is InChI=1S/C18H25N3O2/c1-12-6-4-7-14(10-12)23-17-9-5-8-15(18(17)22)20-16-11-19-21(3)13(16)2/h4,6-7,10-11,15,17-18,20,22H,5,8-9H2,1-3H3/t15-,17+,18+/m0/s1. The summed E-state index contributed by atoms with van der Waals surface area (Å²) in [5.74, 6) is 0.826. The summed E-state index contributed by atoms with van der Waals surface area (Å²) in [6.07, 6.45) is 3.93. The molecule has 0 bridgehead atoms. The summed E-state index contributed by atoms with van der Waals surface area (Å²) in [5, 5.41) is 18.4. The molecule has 3 rings (SSSR count). The number of ether oxygens (including phenoxy) is 1. The second-order valence-corrected chi connectivity index (χ2v) is 6.41. The molecule has 1 saturated carbocycles. The monoisotopic (exact) mass is 315 g/mol. The maximum atomic E-state index is 10.7. The van der Waals surface area contributed by atoms with Crippen LogP contribution in [0.1, 0.15) is 30.5 Å². The molecule has 1 aliphatic rings. The third kappa shape index (κ3) is 3.50. The Hall–Kier alpha value is -2.01. The fourth-order valence-electron chi connectivity index (χ4n) is 3.13. The molecule has 3 atom stereocenters. The number of aryl methyl sites for hydroxylation is 2. The van der Waals surface area contributed by atoms with Gasteiger partial charge in [0.1, 0.15) is 18.0 Å². The molecule has 0 amide bonds. The molecular formula is C18H25N3O2. The van der Waals surface area contributed by atoms with Gasteiger partial charge in [-0.05, 0) is 50.8 Å². The van der Waals surface area contributed by atoms with Gasteiger partial charge < -0.3 is 15.2 Å². The number of nitrogens with one attached hydrogen (secondary N) is 1. The molecule has 0 unspecified atom stereocenters. The van der Waals surface area contributed by atoms with Crippen molar-refractivity contribution in [1.82, 2.24) is 9.78 Å². The van der Waals surface area contributed by atoms with Crippen LogP contribution in [0.3, 0.4) is 0 Å². The molecule has 2 aromatic rings. The highest BCUT2D eigenvalue weighted by Crippen LogP contribution is 2.27. The number of rotatable bonds is 4. The number of anilines is 1. The van der Waals surface area contributed by atoms with Crippen LogP contribution in [0.15, 0.2) is 30.5 Å². The SMILES string of the molecule is Cc1cccc(O[C@@H]2CCC[C@H](Nc3cnn(C)c3C)[C@H]2O)c1. The van der Waals surface area contributed by atoms with Crippen LogP contribution in [0.2, 0.25) is 0 Å². The summed E-state index contributed by atoms with van der Waals surface area (Å²) in [4.78, 5) is 0. The highest BCUT2D eigenvalue weighted by atomic mass is 16.5. The second-order valence-electron chi connectivity index (χ2n) is 6.41. The zero-order valence-corrected chi connectivity index (χ0v) is 14.0. The number of aliphatic hydroxyl groups excluding tert-OH is 1. The molecule has 0 saturated heterocycles. The van der Waals surface area contributed by atoms with Crippen LogP contribution >= 0.6 is 0 Å². The maximum absolute atomic E-state index is 10.7. The van der Waals surface area contributed by atoms with Gasteiger partial charge >= 0.3 is 0 Å². The molecule has 1 aliphatic carbocycles. The summed E-state index contributed by atoms with van der Waals surface area (Å²) >= 11 is 0. The van der Waals surface area contributed by atoms with E-state index in [0.29, 0.717) is 0 Å². The van der Waals surface area contributed by atoms with Crippen molar-refractivity contribution in [3.05, 3.63) is 41.7 Å². The maximum Gasteiger partial charge on any atom is 0.126 e. The first kappa shape index (κ1) is 15.9. The van der Waals surface area contributed by atoms with Crippen molar-refractivity contribution in [3.63, 3.8) is 0 Å². The number of aliphatic hydroxyl groups is 1. The molecule has 1 aromatic carbocycles. The van der Waals surface area contributed by atoms with E-state index in [1.165, 1.54) is 0 Å². The molecule has 5 nitrogen and oxygen atoms in total. The predicted octanol–water partition coefficient (Wildman–Crippen LogP) is 2.81. The molecule has 23 heavy (non-hydrogen) atoms. The highest BCUT2D eigenvalue weighted by Gasteiger charge is 2.33. The van der Waals surface area contributed by atoms with E-state index in [2.05, 4.69) is 10.4 Å². The fraction of sp³-hybridized carbons (Fsp3) is 0.500. The topological polar surface area (TPSA) is 59.3 Å². The van der Waals surface area contributed by atoms with Crippen molar-refractivity contribution in [3.8, 4) is 5.75 Å². The Kier molecular flexibility index (Phi) is 4.57. The van der Waals surface area contributed by atoms with Crippen LogP contribution < -0.4 is 10.1 Å². The van der Waals surface area contributed by atoms with Crippen LogP contribution in [-0.4, -0.2) is 33.1 Å². The predicted molar refractivity (Wildman–Crippen MR) is 90.8 cm³/mol. The molecule has 0 radical (unpaired) electrons. The van der Waals surface area contributed by atoms with Gasteiger partial charge in [0.05, 0.1) is 23.6 Å². The Labute approximate surface area is 137 Å². The molecule has 1 heterocycles. The van der Waals surface area contributed by atoms with Crippen LogP contribution in [0.25, 0.3) is 0 Å². The largest absolute Gasteiger partial charge is 0.488 e. The van der Waals surface area contributed by atoms with Crippen molar-refractivity contribution in [2.24, 2.45) is 7.05 Å². The molecule has 124 valence electrons. The van der Waals surface area contributed by atoms with Gasteiger partial charge in [-0.2, -0.15) is 5.10 Å². The number of benzene rings is 1. The van der Waals surface area contributed by atoms with Gasteiger partial charge in [-0.25, -0.2) is 0 Å². The zero-order chi connectivity index (χ0) is 16.4. The van der Waals surface area contributed by atoms with Gasteiger partial charge in [0.15, 0.2) is 0 Å². The first-order chi connectivity index (χ1) is 11.0. The van der Waals surface area contributed by atoms with Crippen LogP contribution in [0.5, 0.6) is 5.75 Å². The summed E-state index contributed by atoms with van der Waals surface area (Å²) in [6.45, 7) is 4.06. The van der Waals surface area contributed by atoms with Crippen LogP contribution in [-0.2, 0) is 7.05 Å². The van der Waals surface area contributed by atoms with E-state index in [9.17, 15) is 5.11 Å². The van der Waals surface area contributed by atoms with E-state index in [1.54, 1.807) is 0 Å². The lowest BCUT2D eigenvalue weighted by molar-refractivity contribution is -0.00112. The number of hydrogen-bond acceptors (Lipinski definition) is 4. The lowest BCUT2D eigenvalue weighted by atomic mass is 9.89. The smallest absolute Gasteiger partial charge is 0.126 e. The zero-order valence-electron chi connectivity index (χ0n) is 14.0. The van der Waals surface area contributed by atoms with Gasteiger partial charge in [0.25, 0.3) is 0 Å². The first-order valence-corrected chi connectivity index (χ1v) is 8.21. The Morgan fingerprint density at radius 3 is 2.83 bits per heavy atom. The highest BCUT2D eigenvalue weighted by molar-refractivity contribution is 5.47. The van der Waals surface area contributed by atoms with Crippen LogP contribution in [0, 0.1) is 13.8 Å². The fourth-order valence-corrected chi connectivity index (χ4v) is 3.13. The Morgan fingerprint density at radius 1 is 1.30 bits per heavy atom. The minimum Gasteiger partial charge on any atom is -0.488 e. The summed E-state index contributed by atoms with van der Waals surface area (Å²) < 4.78 is 7.87.